The lowest BCUT2D eigenvalue weighted by atomic mass is 10.1. The summed E-state index contributed by atoms with van der Waals surface area (Å²) in [5, 5.41) is 1.11. The molecule has 0 saturated carbocycles. The van der Waals surface area contributed by atoms with E-state index in [0.717, 1.165) is 27.9 Å². The molecule has 0 bridgehead atoms. The zero-order valence-corrected chi connectivity index (χ0v) is 11.6. The highest BCUT2D eigenvalue weighted by Crippen LogP contribution is 2.28. The van der Waals surface area contributed by atoms with Gasteiger partial charge in [-0.05, 0) is 25.1 Å². The van der Waals surface area contributed by atoms with Crippen molar-refractivity contribution in [1.29, 1.82) is 0 Å². The number of furan rings is 1. The first kappa shape index (κ1) is 12.7. The Labute approximate surface area is 118 Å². The summed E-state index contributed by atoms with van der Waals surface area (Å²) in [6.07, 6.45) is 0.531. The van der Waals surface area contributed by atoms with E-state index < -0.39 is 0 Å². The number of hydrogen-bond acceptors (Lipinski definition) is 2. The highest BCUT2D eigenvalue weighted by atomic mass is 16.3. The van der Waals surface area contributed by atoms with Crippen molar-refractivity contribution < 1.29 is 9.21 Å². The molecule has 0 aliphatic heterocycles. The number of carbonyl (C=O) groups excluding carboxylic acids is 1. The first-order chi connectivity index (χ1) is 9.67. The molecule has 1 aromatic heterocycles. The van der Waals surface area contributed by atoms with E-state index in [9.17, 15) is 4.79 Å². The summed E-state index contributed by atoms with van der Waals surface area (Å²) in [6.45, 7) is 3.94. The fourth-order valence-electron chi connectivity index (χ4n) is 2.33. The van der Waals surface area contributed by atoms with Crippen molar-refractivity contribution in [3.8, 4) is 11.3 Å². The minimum atomic E-state index is 0.164. The molecule has 3 rings (SSSR count). The fourth-order valence-corrected chi connectivity index (χ4v) is 2.33. The Morgan fingerprint density at radius 3 is 2.50 bits per heavy atom. The molecule has 0 N–H and O–H groups in total. The van der Waals surface area contributed by atoms with Crippen molar-refractivity contribution in [2.75, 3.05) is 0 Å². The minimum Gasteiger partial charge on any atom is -0.456 e. The molecule has 2 nitrogen and oxygen atoms in total. The maximum absolute atomic E-state index is 11.6. The van der Waals surface area contributed by atoms with Crippen LogP contribution in [0.5, 0.6) is 0 Å². The van der Waals surface area contributed by atoms with Crippen LogP contribution in [0.3, 0.4) is 0 Å². The molecular weight excluding hydrogens is 248 g/mol. The molecule has 0 amide bonds. The third kappa shape index (κ3) is 2.25. The molecule has 3 aromatic rings. The first-order valence-corrected chi connectivity index (χ1v) is 6.81. The predicted octanol–water partition coefficient (Wildman–Crippen LogP) is 5.00. The van der Waals surface area contributed by atoms with Gasteiger partial charge in [-0.3, -0.25) is 4.79 Å². The lowest BCUT2D eigenvalue weighted by molar-refractivity contribution is 0.0988. The molecule has 100 valence electrons. The Kier molecular flexibility index (Phi) is 3.15. The summed E-state index contributed by atoms with van der Waals surface area (Å²) in [4.78, 5) is 11.6. The van der Waals surface area contributed by atoms with E-state index in [1.54, 1.807) is 0 Å². The average Bonchev–Trinajstić information content (AvgIpc) is 2.89. The predicted molar refractivity (Wildman–Crippen MR) is 81.0 cm³/mol. The molecule has 0 aliphatic carbocycles. The van der Waals surface area contributed by atoms with Crippen LogP contribution >= 0.6 is 0 Å². The van der Waals surface area contributed by atoms with E-state index in [1.165, 1.54) is 5.56 Å². The second-order valence-corrected chi connectivity index (χ2v) is 5.01. The van der Waals surface area contributed by atoms with Gasteiger partial charge in [0.1, 0.15) is 11.3 Å². The number of benzene rings is 2. The summed E-state index contributed by atoms with van der Waals surface area (Å²) in [5.74, 6) is 0.998. The summed E-state index contributed by atoms with van der Waals surface area (Å²) in [6, 6.07) is 15.8. The number of aryl methyl sites for hydroxylation is 1. The Hall–Kier alpha value is -2.35. The highest BCUT2D eigenvalue weighted by Gasteiger charge is 2.08. The normalized spacial score (nSPS) is 10.9. The van der Waals surface area contributed by atoms with Crippen LogP contribution in [0.4, 0.5) is 0 Å². The van der Waals surface area contributed by atoms with Crippen LogP contribution in [0.2, 0.25) is 0 Å². The van der Waals surface area contributed by atoms with Crippen LogP contribution in [0.15, 0.2) is 52.9 Å². The maximum Gasteiger partial charge on any atom is 0.162 e. The number of Topliss-reactive ketones (excluding diaryl/α,β-unsaturated/α-hetero) is 1. The first-order valence-electron chi connectivity index (χ1n) is 6.81. The van der Waals surface area contributed by atoms with Crippen molar-refractivity contribution in [2.45, 2.75) is 20.3 Å². The summed E-state index contributed by atoms with van der Waals surface area (Å²) < 4.78 is 5.85. The largest absolute Gasteiger partial charge is 0.456 e. The van der Waals surface area contributed by atoms with Gasteiger partial charge in [-0.15, -0.1) is 0 Å². The molecular formula is C18H16O2. The van der Waals surface area contributed by atoms with Crippen molar-refractivity contribution in [2.24, 2.45) is 0 Å². The smallest absolute Gasteiger partial charge is 0.162 e. The van der Waals surface area contributed by atoms with Gasteiger partial charge in [0.15, 0.2) is 5.78 Å². The SMILES string of the molecule is CCC(=O)c1ccc(-c2cc3cc(C)ccc3o2)cc1. The van der Waals surface area contributed by atoms with Crippen LogP contribution in [0.1, 0.15) is 29.3 Å². The molecule has 0 aliphatic rings. The van der Waals surface area contributed by atoms with E-state index in [2.05, 4.69) is 13.0 Å². The van der Waals surface area contributed by atoms with E-state index >= 15 is 0 Å². The van der Waals surface area contributed by atoms with Crippen LogP contribution in [-0.4, -0.2) is 5.78 Å². The second-order valence-electron chi connectivity index (χ2n) is 5.01. The van der Waals surface area contributed by atoms with Crippen LogP contribution in [-0.2, 0) is 0 Å². The van der Waals surface area contributed by atoms with Crippen molar-refractivity contribution in [3.05, 3.63) is 59.7 Å². The van der Waals surface area contributed by atoms with Crippen molar-refractivity contribution >= 4 is 16.8 Å². The van der Waals surface area contributed by atoms with Gasteiger partial charge in [-0.1, -0.05) is 42.8 Å². The Balaban J connectivity index is 2.00. The zero-order chi connectivity index (χ0) is 14.1. The molecule has 2 aromatic carbocycles. The molecule has 0 radical (unpaired) electrons. The van der Waals surface area contributed by atoms with Crippen LogP contribution in [0, 0.1) is 6.92 Å². The molecule has 0 spiro atoms. The molecule has 0 fully saturated rings. The van der Waals surface area contributed by atoms with Gasteiger partial charge in [0.05, 0.1) is 0 Å². The molecule has 0 unspecified atom stereocenters. The third-order valence-electron chi connectivity index (χ3n) is 3.48. The molecule has 2 heteroatoms. The number of fused-ring (bicyclic) bond motifs is 1. The number of carbonyl (C=O) groups is 1. The third-order valence-corrected chi connectivity index (χ3v) is 3.48. The quantitative estimate of drug-likeness (QED) is 0.623. The lowest BCUT2D eigenvalue weighted by Crippen LogP contribution is -1.95. The van der Waals surface area contributed by atoms with E-state index in [0.29, 0.717) is 6.42 Å². The van der Waals surface area contributed by atoms with E-state index in [-0.39, 0.29) is 5.78 Å². The number of rotatable bonds is 3. The highest BCUT2D eigenvalue weighted by molar-refractivity contribution is 5.96. The topological polar surface area (TPSA) is 30.2 Å². The van der Waals surface area contributed by atoms with Crippen LogP contribution < -0.4 is 0 Å². The van der Waals surface area contributed by atoms with E-state index in [1.807, 2.05) is 49.4 Å². The van der Waals surface area contributed by atoms with Gasteiger partial charge >= 0.3 is 0 Å². The van der Waals surface area contributed by atoms with Gasteiger partial charge in [0, 0.05) is 22.9 Å². The van der Waals surface area contributed by atoms with Gasteiger partial charge in [-0.25, -0.2) is 0 Å². The second kappa shape index (κ2) is 4.97. The molecule has 20 heavy (non-hydrogen) atoms. The number of hydrogen-bond donors (Lipinski definition) is 0. The Morgan fingerprint density at radius 2 is 1.80 bits per heavy atom. The number of ketones is 1. The van der Waals surface area contributed by atoms with Crippen molar-refractivity contribution in [3.63, 3.8) is 0 Å². The van der Waals surface area contributed by atoms with Gasteiger partial charge in [0.2, 0.25) is 0 Å². The van der Waals surface area contributed by atoms with Gasteiger partial charge in [-0.2, -0.15) is 0 Å². The lowest BCUT2D eigenvalue weighted by Gasteiger charge is -1.99. The zero-order valence-electron chi connectivity index (χ0n) is 11.6. The monoisotopic (exact) mass is 264 g/mol. The average molecular weight is 264 g/mol. The minimum absolute atomic E-state index is 0.164. The standard InChI is InChI=1S/C18H16O2/c1-3-16(19)13-5-7-14(8-6-13)18-11-15-10-12(2)4-9-17(15)20-18/h4-11H,3H2,1-2H3. The Morgan fingerprint density at radius 1 is 1.05 bits per heavy atom. The summed E-state index contributed by atoms with van der Waals surface area (Å²) in [5.41, 5.74) is 3.85. The van der Waals surface area contributed by atoms with Gasteiger partial charge < -0.3 is 4.42 Å². The Bertz CT molecular complexity index is 764. The van der Waals surface area contributed by atoms with Crippen LogP contribution in [0.25, 0.3) is 22.3 Å². The van der Waals surface area contributed by atoms with Crippen molar-refractivity contribution in [1.82, 2.24) is 0 Å². The molecule has 0 atom stereocenters. The van der Waals surface area contributed by atoms with E-state index in [4.69, 9.17) is 4.42 Å². The molecule has 0 saturated heterocycles. The molecule has 1 heterocycles. The summed E-state index contributed by atoms with van der Waals surface area (Å²) >= 11 is 0. The fraction of sp³-hybridized carbons (Fsp3) is 0.167. The summed E-state index contributed by atoms with van der Waals surface area (Å²) in [7, 11) is 0. The maximum atomic E-state index is 11.6. The van der Waals surface area contributed by atoms with Gasteiger partial charge in [0.25, 0.3) is 0 Å².